The third kappa shape index (κ3) is 6.85. The van der Waals surface area contributed by atoms with E-state index in [0.717, 1.165) is 6.07 Å². The molecule has 0 saturated heterocycles. The van der Waals surface area contributed by atoms with Crippen LogP contribution in [-0.2, 0) is 4.74 Å². The van der Waals surface area contributed by atoms with Crippen LogP contribution in [0.25, 0.3) is 16.9 Å². The maximum absolute atomic E-state index is 14.7. The summed E-state index contributed by atoms with van der Waals surface area (Å²) in [5.41, 5.74) is 1.24. The molecule has 0 aliphatic heterocycles. The summed E-state index contributed by atoms with van der Waals surface area (Å²) in [7, 11) is 5.35. The molecular formula is C28H28ClFN6O3. The number of ether oxygens (including phenoxy) is 1. The minimum Gasteiger partial charge on any atom is -0.383 e. The van der Waals surface area contributed by atoms with Gasteiger partial charge in [0, 0.05) is 31.5 Å². The number of rotatable bonds is 10. The molecule has 2 aromatic heterocycles. The van der Waals surface area contributed by atoms with Gasteiger partial charge in [0.25, 0.3) is 11.8 Å². The number of carbonyl (C=O) groups is 2. The van der Waals surface area contributed by atoms with E-state index in [0.29, 0.717) is 24.5 Å². The smallest absolute Gasteiger partial charge is 0.272 e. The van der Waals surface area contributed by atoms with Gasteiger partial charge in [-0.1, -0.05) is 35.9 Å². The average molecular weight is 551 g/mol. The molecule has 2 heterocycles. The molecule has 2 aromatic carbocycles. The number of pyridine rings is 1. The Morgan fingerprint density at radius 3 is 2.49 bits per heavy atom. The van der Waals surface area contributed by atoms with E-state index >= 15 is 0 Å². The molecule has 4 rings (SSSR count). The van der Waals surface area contributed by atoms with Crippen LogP contribution in [0, 0.1) is 5.82 Å². The van der Waals surface area contributed by atoms with Gasteiger partial charge >= 0.3 is 0 Å². The Morgan fingerprint density at radius 2 is 1.82 bits per heavy atom. The zero-order valence-corrected chi connectivity index (χ0v) is 22.4. The van der Waals surface area contributed by atoms with Gasteiger partial charge < -0.3 is 20.3 Å². The number of amides is 2. The van der Waals surface area contributed by atoms with E-state index in [2.05, 4.69) is 20.7 Å². The van der Waals surface area contributed by atoms with E-state index in [9.17, 15) is 14.0 Å². The van der Waals surface area contributed by atoms with Gasteiger partial charge in [0.15, 0.2) is 5.69 Å². The van der Waals surface area contributed by atoms with Crippen LogP contribution in [0.3, 0.4) is 0 Å². The summed E-state index contributed by atoms with van der Waals surface area (Å²) in [5, 5.41) is 10.1. The van der Waals surface area contributed by atoms with Crippen molar-refractivity contribution in [3.05, 3.63) is 95.0 Å². The molecule has 0 saturated carbocycles. The van der Waals surface area contributed by atoms with E-state index < -0.39 is 17.6 Å². The Morgan fingerprint density at radius 1 is 1.08 bits per heavy atom. The van der Waals surface area contributed by atoms with Gasteiger partial charge in [-0.05, 0) is 50.5 Å². The van der Waals surface area contributed by atoms with E-state index in [-0.39, 0.29) is 33.7 Å². The summed E-state index contributed by atoms with van der Waals surface area (Å²) in [5.74, 6) is -1.41. The van der Waals surface area contributed by atoms with Gasteiger partial charge in [0.1, 0.15) is 11.6 Å². The van der Waals surface area contributed by atoms with Crippen LogP contribution in [0.4, 0.5) is 10.2 Å². The summed E-state index contributed by atoms with van der Waals surface area (Å²) in [6.45, 7) is 0.874. The number of nitrogens with zero attached hydrogens (tertiary/aromatic N) is 4. The predicted octanol–water partition coefficient (Wildman–Crippen LogP) is 4.29. The molecule has 11 heteroatoms. The predicted molar refractivity (Wildman–Crippen MR) is 148 cm³/mol. The van der Waals surface area contributed by atoms with Crippen LogP contribution in [0.1, 0.15) is 20.8 Å². The first-order valence-corrected chi connectivity index (χ1v) is 12.5. The molecule has 0 spiro atoms. The molecule has 0 bridgehead atoms. The monoisotopic (exact) mass is 550 g/mol. The van der Waals surface area contributed by atoms with Crippen molar-refractivity contribution in [1.82, 2.24) is 25.0 Å². The Hall–Kier alpha value is -4.12. The fourth-order valence-electron chi connectivity index (χ4n) is 4.01. The van der Waals surface area contributed by atoms with Crippen molar-refractivity contribution >= 4 is 29.2 Å². The highest BCUT2D eigenvalue weighted by molar-refractivity contribution is 6.34. The molecule has 0 aliphatic rings. The largest absolute Gasteiger partial charge is 0.383 e. The Kier molecular flexibility index (Phi) is 9.03. The quantitative estimate of drug-likeness (QED) is 0.305. The van der Waals surface area contributed by atoms with Gasteiger partial charge in [-0.2, -0.15) is 5.10 Å². The van der Waals surface area contributed by atoms with Crippen molar-refractivity contribution < 1.29 is 18.7 Å². The number of hydrogen-bond acceptors (Lipinski definition) is 6. The summed E-state index contributed by atoms with van der Waals surface area (Å²) in [6.07, 6.45) is 1.53. The molecule has 2 N–H and O–H groups in total. The number of para-hydroxylation sites is 1. The number of nitrogens with one attached hydrogen (secondary N) is 2. The van der Waals surface area contributed by atoms with Crippen molar-refractivity contribution in [2.75, 3.05) is 39.7 Å². The number of hydrogen-bond donors (Lipinski definition) is 2. The Balaban J connectivity index is 1.67. The summed E-state index contributed by atoms with van der Waals surface area (Å²) in [4.78, 5) is 32.6. The first kappa shape index (κ1) is 27.9. The highest BCUT2D eigenvalue weighted by Gasteiger charge is 2.22. The number of anilines is 1. The van der Waals surface area contributed by atoms with Crippen LogP contribution in [0.5, 0.6) is 0 Å². The molecule has 0 fully saturated rings. The van der Waals surface area contributed by atoms with E-state index in [4.69, 9.17) is 16.3 Å². The second-order valence-electron chi connectivity index (χ2n) is 9.03. The Labute approximate surface area is 230 Å². The lowest BCUT2D eigenvalue weighted by Crippen LogP contribution is -2.44. The maximum Gasteiger partial charge on any atom is 0.272 e. The molecule has 2 amide bonds. The maximum atomic E-state index is 14.7. The second-order valence-corrected chi connectivity index (χ2v) is 9.44. The topological polar surface area (TPSA) is 101 Å². The number of aromatic nitrogens is 3. The van der Waals surface area contributed by atoms with Gasteiger partial charge in [-0.15, -0.1) is 0 Å². The van der Waals surface area contributed by atoms with Crippen LogP contribution in [0.15, 0.2) is 72.9 Å². The first-order valence-electron chi connectivity index (χ1n) is 12.1. The molecule has 1 unspecified atom stereocenters. The molecule has 4 aromatic rings. The lowest BCUT2D eigenvalue weighted by Gasteiger charge is -2.21. The highest BCUT2D eigenvalue weighted by atomic mass is 35.5. The third-order valence-electron chi connectivity index (χ3n) is 5.72. The molecule has 9 nitrogen and oxygen atoms in total. The zero-order valence-electron chi connectivity index (χ0n) is 21.7. The number of benzene rings is 2. The van der Waals surface area contributed by atoms with Crippen LogP contribution in [-0.4, -0.2) is 71.9 Å². The summed E-state index contributed by atoms with van der Waals surface area (Å²) in [6, 6.07) is 17.7. The van der Waals surface area contributed by atoms with E-state index in [1.165, 1.54) is 23.0 Å². The van der Waals surface area contributed by atoms with Gasteiger partial charge in [-0.3, -0.25) is 14.6 Å². The SMILES string of the molecule is COCC(CN(C)C)NC(=O)c1cc(NC(=O)c2cc(-c3ccccn3)c(F)cc2Cl)n(-c2ccccc2)n1. The highest BCUT2D eigenvalue weighted by Crippen LogP contribution is 2.28. The fourth-order valence-corrected chi connectivity index (χ4v) is 4.25. The van der Waals surface area contributed by atoms with Crippen molar-refractivity contribution in [1.29, 1.82) is 0 Å². The molecule has 202 valence electrons. The van der Waals surface area contributed by atoms with E-state index in [1.807, 2.05) is 37.2 Å². The molecule has 0 aliphatic carbocycles. The van der Waals surface area contributed by atoms with Gasteiger partial charge in [0.2, 0.25) is 0 Å². The lowest BCUT2D eigenvalue weighted by atomic mass is 10.1. The zero-order chi connectivity index (χ0) is 27.9. The van der Waals surface area contributed by atoms with Gasteiger partial charge in [-0.25, -0.2) is 9.07 Å². The minimum absolute atomic E-state index is 0.0386. The molecule has 0 radical (unpaired) electrons. The lowest BCUT2D eigenvalue weighted by molar-refractivity contribution is 0.0873. The number of likely N-dealkylation sites (N-methyl/N-ethyl adjacent to an activating group) is 1. The van der Waals surface area contributed by atoms with Crippen molar-refractivity contribution in [2.24, 2.45) is 0 Å². The van der Waals surface area contributed by atoms with Crippen LogP contribution in [0.2, 0.25) is 5.02 Å². The van der Waals surface area contributed by atoms with Crippen molar-refractivity contribution in [3.8, 4) is 16.9 Å². The number of halogens is 2. The van der Waals surface area contributed by atoms with Crippen molar-refractivity contribution in [2.45, 2.75) is 6.04 Å². The second kappa shape index (κ2) is 12.6. The van der Waals surface area contributed by atoms with Gasteiger partial charge in [0.05, 0.1) is 34.6 Å². The summed E-state index contributed by atoms with van der Waals surface area (Å²) < 4.78 is 21.4. The van der Waals surface area contributed by atoms with E-state index in [1.54, 1.807) is 37.4 Å². The summed E-state index contributed by atoms with van der Waals surface area (Å²) >= 11 is 6.27. The third-order valence-corrected chi connectivity index (χ3v) is 6.03. The molecular weight excluding hydrogens is 523 g/mol. The number of carbonyl (C=O) groups excluding carboxylic acids is 2. The van der Waals surface area contributed by atoms with Crippen molar-refractivity contribution in [3.63, 3.8) is 0 Å². The molecule has 1 atom stereocenters. The van der Waals surface area contributed by atoms with Crippen LogP contribution < -0.4 is 10.6 Å². The average Bonchev–Trinajstić information content (AvgIpc) is 3.33. The standard InChI is InChI=1S/C28H28ClFN6O3/c1-35(2)16-18(17-39-3)32-28(38)25-15-26(36(34-25)19-9-5-4-6-10-19)33-27(37)20-13-21(23(30)14-22(20)29)24-11-7-8-12-31-24/h4-15,18H,16-17H2,1-3H3,(H,32,38)(H,33,37). The normalized spacial score (nSPS) is 11.8. The Bertz CT molecular complexity index is 1450. The first-order chi connectivity index (χ1) is 18.8. The molecule has 39 heavy (non-hydrogen) atoms. The fraction of sp³-hybridized carbons (Fsp3) is 0.214. The number of methoxy groups -OCH3 is 1. The minimum atomic E-state index is -0.605. The van der Waals surface area contributed by atoms with Crippen LogP contribution >= 0.6 is 11.6 Å².